The molecule has 0 saturated carbocycles. The normalized spacial score (nSPS) is 19.1. The monoisotopic (exact) mass is 589 g/mol. The predicted molar refractivity (Wildman–Crippen MR) is 145 cm³/mol. The van der Waals surface area contributed by atoms with E-state index in [0.717, 1.165) is 16.9 Å². The molecule has 2 amide bonds. The van der Waals surface area contributed by atoms with Crippen molar-refractivity contribution in [3.05, 3.63) is 63.7 Å². The van der Waals surface area contributed by atoms with Crippen molar-refractivity contribution in [1.82, 2.24) is 25.4 Å². The van der Waals surface area contributed by atoms with Gasteiger partial charge in [0.2, 0.25) is 0 Å². The van der Waals surface area contributed by atoms with Gasteiger partial charge >= 0.3 is 5.97 Å². The fraction of sp³-hybridized carbons (Fsp3) is 0.227. The van der Waals surface area contributed by atoms with Gasteiger partial charge in [0.25, 0.3) is 11.8 Å². The van der Waals surface area contributed by atoms with Crippen LogP contribution in [-0.2, 0) is 25.8 Å². The van der Waals surface area contributed by atoms with Gasteiger partial charge in [0.15, 0.2) is 15.2 Å². The highest BCUT2D eigenvalue weighted by atomic mass is 32.2. The first-order valence-corrected chi connectivity index (χ1v) is 14.8. The smallest absolute Gasteiger partial charge is 0.352 e. The van der Waals surface area contributed by atoms with Crippen molar-refractivity contribution >= 4 is 74.8 Å². The Bertz CT molecular complexity index is 1410. The summed E-state index contributed by atoms with van der Waals surface area (Å²) < 4.78 is 0.707. The second kappa shape index (κ2) is 11.5. The van der Waals surface area contributed by atoms with Crippen molar-refractivity contribution in [1.29, 1.82) is 0 Å². The number of amides is 2. The summed E-state index contributed by atoms with van der Waals surface area (Å²) in [7, 11) is 0. The minimum atomic E-state index is -1.20. The first kappa shape index (κ1) is 26.1. The molecule has 0 bridgehead atoms. The number of anilines is 1. The number of aliphatic carboxylic acids is 1. The number of thiazole rings is 1. The molecule has 1 fully saturated rings. The van der Waals surface area contributed by atoms with Gasteiger partial charge in [-0.15, -0.1) is 33.3 Å². The Balaban J connectivity index is 1.30. The number of benzene rings is 1. The van der Waals surface area contributed by atoms with E-state index in [1.165, 1.54) is 39.8 Å². The summed E-state index contributed by atoms with van der Waals surface area (Å²) in [5, 5.41) is 25.5. The number of oxime groups is 1. The van der Waals surface area contributed by atoms with Crippen LogP contribution in [0.4, 0.5) is 5.13 Å². The molecule has 0 aliphatic carbocycles. The van der Waals surface area contributed by atoms with Gasteiger partial charge in [-0.2, -0.15) is 0 Å². The molecule has 1 saturated heterocycles. The number of carbonyl (C=O) groups is 3. The van der Waals surface area contributed by atoms with Gasteiger partial charge in [-0.05, 0) is 11.1 Å². The Morgan fingerprint density at radius 2 is 2.11 bits per heavy atom. The lowest BCUT2D eigenvalue weighted by molar-refractivity contribution is -0.150. The number of aromatic nitrogens is 3. The zero-order valence-corrected chi connectivity index (χ0v) is 22.6. The second-order valence-electron chi connectivity index (χ2n) is 7.88. The van der Waals surface area contributed by atoms with E-state index in [1.807, 2.05) is 30.3 Å². The van der Waals surface area contributed by atoms with Gasteiger partial charge in [-0.25, -0.2) is 9.78 Å². The molecule has 12 nitrogen and oxygen atoms in total. The summed E-state index contributed by atoms with van der Waals surface area (Å²) in [6, 6.07) is 8.35. The highest BCUT2D eigenvalue weighted by molar-refractivity contribution is 8.01. The summed E-state index contributed by atoms with van der Waals surface area (Å²) in [5.74, 6) is -1.65. The molecule has 0 spiro atoms. The molecule has 2 atom stereocenters. The average molecular weight is 590 g/mol. The lowest BCUT2D eigenvalue weighted by Gasteiger charge is -2.49. The van der Waals surface area contributed by atoms with Crippen molar-refractivity contribution in [2.75, 3.05) is 17.2 Å². The lowest BCUT2D eigenvalue weighted by atomic mass is 10.0. The molecule has 196 valence electrons. The Labute approximate surface area is 232 Å². The highest BCUT2D eigenvalue weighted by Gasteiger charge is 2.54. The molecule has 0 radical (unpaired) electrons. The summed E-state index contributed by atoms with van der Waals surface area (Å²) >= 11 is 5.23. The van der Waals surface area contributed by atoms with E-state index in [2.05, 4.69) is 25.7 Å². The zero-order valence-electron chi connectivity index (χ0n) is 19.3. The standard InChI is InChI=1S/C22H19N7O5S4/c23-21-25-13(9-36-21)14(28-34-6-11-4-2-1-3-5-11)17(30)26-15-18(31)29-16(20(32)33)12(7-35-19(15)29)8-37-22-27-24-10-38-22/h1-5,9-10,15,19H,6-8H2,(H2,23,25)(H,26,30)(H,32,33)/t15?,19-/m1/s1. The van der Waals surface area contributed by atoms with Crippen LogP contribution >= 0.6 is 46.2 Å². The van der Waals surface area contributed by atoms with Crippen molar-refractivity contribution in [3.63, 3.8) is 0 Å². The van der Waals surface area contributed by atoms with E-state index >= 15 is 0 Å². The predicted octanol–water partition coefficient (Wildman–Crippen LogP) is 2.03. The Morgan fingerprint density at radius 1 is 1.29 bits per heavy atom. The van der Waals surface area contributed by atoms with E-state index in [0.29, 0.717) is 21.4 Å². The summed E-state index contributed by atoms with van der Waals surface area (Å²) in [4.78, 5) is 49.1. The first-order valence-electron chi connectivity index (χ1n) is 11.0. The number of nitrogens with one attached hydrogen (secondary N) is 1. The maximum atomic E-state index is 13.2. The van der Waals surface area contributed by atoms with Crippen molar-refractivity contribution in [2.45, 2.75) is 22.4 Å². The molecule has 2 aromatic heterocycles. The number of nitrogens with zero attached hydrogens (tertiary/aromatic N) is 5. The van der Waals surface area contributed by atoms with Crippen LogP contribution in [0.2, 0.25) is 0 Å². The van der Waals surface area contributed by atoms with Crippen LogP contribution < -0.4 is 11.1 Å². The number of rotatable bonds is 10. The van der Waals surface area contributed by atoms with Gasteiger partial charge < -0.3 is 21.0 Å². The third-order valence-corrected chi connectivity index (χ3v) is 9.42. The molecule has 5 rings (SSSR count). The van der Waals surface area contributed by atoms with Gasteiger partial charge in [0.05, 0.1) is 0 Å². The topological polar surface area (TPSA) is 173 Å². The number of β-lactam (4-membered cyclic amide) rings is 1. The van der Waals surface area contributed by atoms with Crippen LogP contribution in [0.1, 0.15) is 11.3 Å². The number of hydrogen-bond acceptors (Lipinski definition) is 13. The van der Waals surface area contributed by atoms with Crippen LogP contribution in [0.25, 0.3) is 0 Å². The Morgan fingerprint density at radius 3 is 2.79 bits per heavy atom. The third-order valence-electron chi connectivity index (χ3n) is 5.46. The number of hydrogen-bond donors (Lipinski definition) is 3. The lowest BCUT2D eigenvalue weighted by Crippen LogP contribution is -2.71. The molecular weight excluding hydrogens is 571 g/mol. The largest absolute Gasteiger partial charge is 0.477 e. The van der Waals surface area contributed by atoms with Gasteiger partial charge in [0.1, 0.15) is 34.9 Å². The zero-order chi connectivity index (χ0) is 26.6. The van der Waals surface area contributed by atoms with Crippen LogP contribution in [0.5, 0.6) is 0 Å². The molecule has 4 N–H and O–H groups in total. The molecule has 2 aliphatic heterocycles. The maximum absolute atomic E-state index is 13.2. The fourth-order valence-electron chi connectivity index (χ4n) is 3.73. The molecule has 16 heteroatoms. The van der Waals surface area contributed by atoms with E-state index in [-0.39, 0.29) is 28.8 Å². The summed E-state index contributed by atoms with van der Waals surface area (Å²) in [6.07, 6.45) is 0. The van der Waals surface area contributed by atoms with Crippen molar-refractivity contribution in [2.24, 2.45) is 5.16 Å². The minimum absolute atomic E-state index is 0.0615. The quantitative estimate of drug-likeness (QED) is 0.137. The summed E-state index contributed by atoms with van der Waals surface area (Å²) in [6.45, 7) is 0.121. The molecular formula is C22H19N7O5S4. The SMILES string of the molecule is Nc1nc(C(=NOCc2ccccc2)C(=O)NC2C(=O)N3C(C(=O)O)=C(CSc4nncs4)CS[C@H]23)cs1. The second-order valence-corrected chi connectivity index (χ2v) is 11.9. The number of thioether (sulfide) groups is 2. The van der Waals surface area contributed by atoms with Crippen molar-refractivity contribution in [3.8, 4) is 0 Å². The highest BCUT2D eigenvalue weighted by Crippen LogP contribution is 2.41. The van der Waals surface area contributed by atoms with Crippen molar-refractivity contribution < 1.29 is 24.3 Å². The minimum Gasteiger partial charge on any atom is -0.477 e. The number of nitrogen functional groups attached to an aromatic ring is 1. The molecule has 1 aromatic carbocycles. The van der Waals surface area contributed by atoms with Crippen LogP contribution in [0, 0.1) is 0 Å². The van der Waals surface area contributed by atoms with Crippen LogP contribution in [-0.4, -0.2) is 71.6 Å². The van der Waals surface area contributed by atoms with E-state index < -0.39 is 29.2 Å². The molecule has 3 aromatic rings. The van der Waals surface area contributed by atoms with E-state index in [9.17, 15) is 19.5 Å². The number of carboxylic acids is 1. The summed E-state index contributed by atoms with van der Waals surface area (Å²) in [5.41, 5.74) is 8.80. The first-order chi connectivity index (χ1) is 18.4. The molecule has 38 heavy (non-hydrogen) atoms. The maximum Gasteiger partial charge on any atom is 0.352 e. The van der Waals surface area contributed by atoms with Crippen LogP contribution in [0.3, 0.4) is 0 Å². The Hall–Kier alpha value is -3.47. The van der Waals surface area contributed by atoms with Gasteiger partial charge in [0, 0.05) is 16.9 Å². The number of fused-ring (bicyclic) bond motifs is 1. The third kappa shape index (κ3) is 5.52. The number of carboxylic acid groups (broad SMARTS) is 1. The molecule has 1 unspecified atom stereocenters. The number of nitrogens with two attached hydrogens (primary N) is 1. The van der Waals surface area contributed by atoms with Crippen LogP contribution in [0.15, 0.2) is 62.0 Å². The molecule has 4 heterocycles. The fourth-order valence-corrected chi connectivity index (χ4v) is 7.25. The van der Waals surface area contributed by atoms with E-state index in [1.54, 1.807) is 10.9 Å². The van der Waals surface area contributed by atoms with Gasteiger partial charge in [-0.1, -0.05) is 58.6 Å². The van der Waals surface area contributed by atoms with E-state index in [4.69, 9.17) is 10.6 Å². The molecule has 2 aliphatic rings. The Kier molecular flexibility index (Phi) is 7.92. The average Bonchev–Trinajstić information content (AvgIpc) is 3.60. The number of carbonyl (C=O) groups excluding carboxylic acids is 2. The van der Waals surface area contributed by atoms with Gasteiger partial charge in [-0.3, -0.25) is 14.5 Å².